The normalized spacial score (nSPS) is 10.7. The Morgan fingerprint density at radius 1 is 1.10 bits per heavy atom. The number of carbonyl (C=O) groups is 2. The fourth-order valence-corrected chi connectivity index (χ4v) is 3.74. The molecule has 7 nitrogen and oxygen atoms in total. The Morgan fingerprint density at radius 2 is 1.87 bits per heavy atom. The molecule has 0 saturated carbocycles. The molecule has 0 fully saturated rings. The zero-order chi connectivity index (χ0) is 21.1. The van der Waals surface area contributed by atoms with Gasteiger partial charge in [-0.05, 0) is 18.2 Å². The van der Waals surface area contributed by atoms with Crippen molar-refractivity contribution in [3.05, 3.63) is 76.0 Å². The summed E-state index contributed by atoms with van der Waals surface area (Å²) in [5.41, 5.74) is 1.25. The third-order valence-electron chi connectivity index (χ3n) is 4.20. The van der Waals surface area contributed by atoms with Crippen molar-refractivity contribution in [3.8, 4) is 17.0 Å². The summed E-state index contributed by atoms with van der Waals surface area (Å²) in [6, 6.07) is 17.3. The van der Waals surface area contributed by atoms with E-state index in [-0.39, 0.29) is 12.4 Å². The highest BCUT2D eigenvalue weighted by molar-refractivity contribution is 7.18. The van der Waals surface area contributed by atoms with Crippen LogP contribution in [-0.2, 0) is 4.79 Å². The van der Waals surface area contributed by atoms with E-state index in [1.807, 2.05) is 30.3 Å². The Balaban J connectivity index is 1.46. The summed E-state index contributed by atoms with van der Waals surface area (Å²) in [4.78, 5) is 40.5. The molecule has 0 unspecified atom stereocenters. The number of nitrogens with zero attached hydrogens (tertiary/aromatic N) is 1. The number of hydrogen-bond acceptors (Lipinski definition) is 7. The first-order chi connectivity index (χ1) is 14.5. The molecule has 0 atom stereocenters. The van der Waals surface area contributed by atoms with Gasteiger partial charge in [0.2, 0.25) is 0 Å². The van der Waals surface area contributed by atoms with Gasteiger partial charge in [-0.1, -0.05) is 41.7 Å². The van der Waals surface area contributed by atoms with E-state index in [9.17, 15) is 14.4 Å². The number of carbonyl (C=O) groups excluding carboxylic acids is 2. The number of amides is 1. The molecule has 4 rings (SSSR count). The SMILES string of the molecule is CC(=O)c1sc(NC(=O)COc2ccc3ccc(=O)oc3c2)nc1-c1ccccc1. The van der Waals surface area contributed by atoms with Crippen molar-refractivity contribution in [2.24, 2.45) is 0 Å². The topological polar surface area (TPSA) is 98.5 Å². The summed E-state index contributed by atoms with van der Waals surface area (Å²) in [5.74, 6) is -0.158. The van der Waals surface area contributed by atoms with Crippen molar-refractivity contribution < 1.29 is 18.7 Å². The molecule has 150 valence electrons. The zero-order valence-electron chi connectivity index (χ0n) is 15.9. The molecule has 2 aromatic heterocycles. The number of thiazole rings is 1. The summed E-state index contributed by atoms with van der Waals surface area (Å²) in [5, 5.41) is 3.73. The molecule has 4 aromatic rings. The molecule has 1 N–H and O–H groups in total. The Labute approximate surface area is 174 Å². The third kappa shape index (κ3) is 4.28. The highest BCUT2D eigenvalue weighted by Gasteiger charge is 2.18. The fourth-order valence-electron chi connectivity index (χ4n) is 2.84. The second kappa shape index (κ2) is 8.30. The number of anilines is 1. The van der Waals surface area contributed by atoms with Crippen molar-refractivity contribution in [3.63, 3.8) is 0 Å². The summed E-state index contributed by atoms with van der Waals surface area (Å²) in [6.45, 7) is 1.20. The van der Waals surface area contributed by atoms with Crippen LogP contribution < -0.4 is 15.7 Å². The predicted octanol–water partition coefficient (Wildman–Crippen LogP) is 4.14. The van der Waals surface area contributed by atoms with Crippen LogP contribution in [0.25, 0.3) is 22.2 Å². The lowest BCUT2D eigenvalue weighted by Crippen LogP contribution is -2.20. The molecule has 0 saturated heterocycles. The van der Waals surface area contributed by atoms with Gasteiger partial charge in [-0.2, -0.15) is 0 Å². The van der Waals surface area contributed by atoms with Crippen LogP contribution in [0.15, 0.2) is 69.9 Å². The van der Waals surface area contributed by atoms with E-state index in [4.69, 9.17) is 9.15 Å². The van der Waals surface area contributed by atoms with Gasteiger partial charge in [0.1, 0.15) is 11.3 Å². The van der Waals surface area contributed by atoms with Gasteiger partial charge in [-0.3, -0.25) is 14.9 Å². The van der Waals surface area contributed by atoms with Gasteiger partial charge in [0.15, 0.2) is 17.5 Å². The number of ketones is 1. The number of nitrogens with one attached hydrogen (secondary N) is 1. The zero-order valence-corrected chi connectivity index (χ0v) is 16.7. The summed E-state index contributed by atoms with van der Waals surface area (Å²) >= 11 is 1.12. The minimum absolute atomic E-state index is 0.124. The van der Waals surface area contributed by atoms with Crippen LogP contribution in [0.3, 0.4) is 0 Å². The van der Waals surface area contributed by atoms with Crippen molar-refractivity contribution >= 4 is 39.1 Å². The predicted molar refractivity (Wildman–Crippen MR) is 114 cm³/mol. The van der Waals surface area contributed by atoms with E-state index >= 15 is 0 Å². The van der Waals surface area contributed by atoms with Gasteiger partial charge < -0.3 is 9.15 Å². The molecular formula is C22H16N2O5S. The number of ether oxygens (including phenoxy) is 1. The van der Waals surface area contributed by atoms with E-state index < -0.39 is 11.5 Å². The fraction of sp³-hybridized carbons (Fsp3) is 0.0909. The summed E-state index contributed by atoms with van der Waals surface area (Å²) in [6.07, 6.45) is 0. The first kappa shape index (κ1) is 19.5. The van der Waals surface area contributed by atoms with Gasteiger partial charge in [0.25, 0.3) is 5.91 Å². The van der Waals surface area contributed by atoms with E-state index in [0.717, 1.165) is 22.3 Å². The van der Waals surface area contributed by atoms with E-state index in [1.54, 1.807) is 24.3 Å². The maximum atomic E-state index is 12.3. The van der Waals surface area contributed by atoms with Gasteiger partial charge in [0.05, 0.1) is 10.6 Å². The van der Waals surface area contributed by atoms with Gasteiger partial charge in [-0.15, -0.1) is 0 Å². The lowest BCUT2D eigenvalue weighted by atomic mass is 10.1. The molecule has 0 aliphatic carbocycles. The lowest BCUT2D eigenvalue weighted by Gasteiger charge is -2.06. The first-order valence-corrected chi connectivity index (χ1v) is 9.85. The quantitative estimate of drug-likeness (QED) is 0.372. The smallest absolute Gasteiger partial charge is 0.336 e. The molecule has 8 heteroatoms. The number of rotatable bonds is 6. The number of Topliss-reactive ketones (excluding diaryl/α,β-unsaturated/α-hetero) is 1. The standard InChI is InChI=1S/C22H16N2O5S/c1-13(25)21-20(15-5-3-2-4-6-15)24-22(30-21)23-18(26)12-28-16-9-7-14-8-10-19(27)29-17(14)11-16/h2-11H,12H2,1H3,(H,23,24,26). The molecule has 30 heavy (non-hydrogen) atoms. The van der Waals surface area contributed by atoms with Crippen molar-refractivity contribution in [1.82, 2.24) is 4.98 Å². The maximum absolute atomic E-state index is 12.3. The molecular weight excluding hydrogens is 404 g/mol. The van der Waals surface area contributed by atoms with Crippen molar-refractivity contribution in [2.75, 3.05) is 11.9 Å². The van der Waals surface area contributed by atoms with Crippen LogP contribution in [0.4, 0.5) is 5.13 Å². The molecule has 2 heterocycles. The Kier molecular flexibility index (Phi) is 5.40. The highest BCUT2D eigenvalue weighted by Crippen LogP contribution is 2.31. The highest BCUT2D eigenvalue weighted by atomic mass is 32.1. The number of fused-ring (bicyclic) bond motifs is 1. The average Bonchev–Trinajstić information content (AvgIpc) is 3.16. The average molecular weight is 420 g/mol. The third-order valence-corrected chi connectivity index (χ3v) is 5.28. The van der Waals surface area contributed by atoms with E-state index in [2.05, 4.69) is 10.3 Å². The molecule has 0 aliphatic heterocycles. The Hall–Kier alpha value is -3.78. The number of benzene rings is 2. The monoisotopic (exact) mass is 420 g/mol. The van der Waals surface area contributed by atoms with Crippen LogP contribution in [0.2, 0.25) is 0 Å². The second-order valence-electron chi connectivity index (χ2n) is 6.41. The first-order valence-electron chi connectivity index (χ1n) is 9.03. The Morgan fingerprint density at radius 3 is 2.63 bits per heavy atom. The molecule has 0 spiro atoms. The van der Waals surface area contributed by atoms with Crippen LogP contribution in [-0.4, -0.2) is 23.3 Å². The molecule has 2 aromatic carbocycles. The van der Waals surface area contributed by atoms with Gasteiger partial charge in [-0.25, -0.2) is 9.78 Å². The van der Waals surface area contributed by atoms with Gasteiger partial charge >= 0.3 is 5.63 Å². The molecule has 0 bridgehead atoms. The van der Waals surface area contributed by atoms with Crippen LogP contribution in [0.5, 0.6) is 5.75 Å². The van der Waals surface area contributed by atoms with Crippen molar-refractivity contribution in [2.45, 2.75) is 6.92 Å². The molecule has 0 radical (unpaired) electrons. The summed E-state index contributed by atoms with van der Waals surface area (Å²) < 4.78 is 10.6. The minimum atomic E-state index is -0.461. The second-order valence-corrected chi connectivity index (χ2v) is 7.41. The minimum Gasteiger partial charge on any atom is -0.484 e. The summed E-state index contributed by atoms with van der Waals surface area (Å²) in [7, 11) is 0. The van der Waals surface area contributed by atoms with Crippen LogP contribution >= 0.6 is 11.3 Å². The van der Waals surface area contributed by atoms with E-state index in [1.165, 1.54) is 13.0 Å². The van der Waals surface area contributed by atoms with Crippen LogP contribution in [0.1, 0.15) is 16.6 Å². The van der Waals surface area contributed by atoms with Gasteiger partial charge in [0, 0.05) is 30.0 Å². The molecule has 0 aliphatic rings. The number of hydrogen-bond donors (Lipinski definition) is 1. The van der Waals surface area contributed by atoms with Crippen LogP contribution in [0, 0.1) is 0 Å². The largest absolute Gasteiger partial charge is 0.484 e. The lowest BCUT2D eigenvalue weighted by molar-refractivity contribution is -0.118. The van der Waals surface area contributed by atoms with Crippen molar-refractivity contribution in [1.29, 1.82) is 0 Å². The maximum Gasteiger partial charge on any atom is 0.336 e. The number of aromatic nitrogens is 1. The molecule has 1 amide bonds. The van der Waals surface area contributed by atoms with E-state index in [0.29, 0.717) is 27.0 Å². The Bertz CT molecular complexity index is 1290.